The lowest BCUT2D eigenvalue weighted by atomic mass is 10.0. The van der Waals surface area contributed by atoms with Gasteiger partial charge >= 0.3 is 0 Å². The number of anilines is 4. The van der Waals surface area contributed by atoms with E-state index in [0.717, 1.165) is 17.8 Å². The van der Waals surface area contributed by atoms with E-state index in [1.165, 1.54) is 55.2 Å². The standard InChI is InChI=1S/C35H30N2/c1-24-11-17-28-7-3-5-9-32(28)34(24)36-30-19-13-26(14-20-30)23-27-15-21-31(22-16-27)37-35-25(2)12-18-29-8-4-6-10-33(29)35/h3-22,36-37H,23H2,1-2H3. The molecule has 0 aliphatic carbocycles. The fourth-order valence-electron chi connectivity index (χ4n) is 5.03. The first-order valence-corrected chi connectivity index (χ1v) is 12.8. The Hall–Kier alpha value is -4.56. The fourth-order valence-corrected chi connectivity index (χ4v) is 5.03. The minimum Gasteiger partial charge on any atom is -0.355 e. The van der Waals surface area contributed by atoms with Crippen LogP contribution < -0.4 is 10.6 Å². The molecule has 6 aromatic rings. The average molecular weight is 479 g/mol. The van der Waals surface area contributed by atoms with E-state index in [9.17, 15) is 0 Å². The van der Waals surface area contributed by atoms with E-state index in [0.29, 0.717) is 0 Å². The van der Waals surface area contributed by atoms with Gasteiger partial charge in [-0.3, -0.25) is 0 Å². The van der Waals surface area contributed by atoms with Crippen LogP contribution in [0.5, 0.6) is 0 Å². The number of aryl methyl sites for hydroxylation is 2. The van der Waals surface area contributed by atoms with Crippen molar-refractivity contribution in [1.29, 1.82) is 0 Å². The normalized spacial score (nSPS) is 11.1. The molecule has 0 aromatic heterocycles. The Balaban J connectivity index is 1.16. The molecule has 6 rings (SSSR count). The van der Waals surface area contributed by atoms with Crippen LogP contribution in [0.25, 0.3) is 21.5 Å². The summed E-state index contributed by atoms with van der Waals surface area (Å²) < 4.78 is 0. The second-order valence-electron chi connectivity index (χ2n) is 9.78. The predicted octanol–water partition coefficient (Wildman–Crippen LogP) is 9.69. The van der Waals surface area contributed by atoms with Crippen LogP contribution in [0.2, 0.25) is 0 Å². The molecule has 0 aliphatic heterocycles. The summed E-state index contributed by atoms with van der Waals surface area (Å²) in [5, 5.41) is 12.3. The molecule has 0 amide bonds. The molecule has 0 heterocycles. The van der Waals surface area contributed by atoms with E-state index in [-0.39, 0.29) is 0 Å². The summed E-state index contributed by atoms with van der Waals surface area (Å²) in [7, 11) is 0. The molecule has 0 radical (unpaired) electrons. The van der Waals surface area contributed by atoms with Crippen molar-refractivity contribution in [1.82, 2.24) is 0 Å². The molecule has 2 nitrogen and oxygen atoms in total. The molecule has 2 N–H and O–H groups in total. The minimum atomic E-state index is 0.904. The molecule has 0 spiro atoms. The molecular weight excluding hydrogens is 448 g/mol. The first-order valence-electron chi connectivity index (χ1n) is 12.8. The van der Waals surface area contributed by atoms with E-state index in [1.807, 2.05) is 0 Å². The highest BCUT2D eigenvalue weighted by Crippen LogP contribution is 2.31. The van der Waals surface area contributed by atoms with Crippen LogP contribution in [-0.4, -0.2) is 0 Å². The highest BCUT2D eigenvalue weighted by molar-refractivity contribution is 5.98. The molecule has 37 heavy (non-hydrogen) atoms. The van der Waals surface area contributed by atoms with Crippen molar-refractivity contribution < 1.29 is 0 Å². The quantitative estimate of drug-likeness (QED) is 0.249. The maximum absolute atomic E-state index is 3.65. The third-order valence-electron chi connectivity index (χ3n) is 7.13. The predicted molar refractivity (Wildman–Crippen MR) is 160 cm³/mol. The van der Waals surface area contributed by atoms with E-state index in [2.05, 4.69) is 146 Å². The Labute approximate surface area is 218 Å². The molecular formula is C35H30N2. The fraction of sp³-hybridized carbons (Fsp3) is 0.0857. The van der Waals surface area contributed by atoms with Crippen molar-refractivity contribution in [2.75, 3.05) is 10.6 Å². The zero-order valence-corrected chi connectivity index (χ0v) is 21.3. The largest absolute Gasteiger partial charge is 0.355 e. The number of hydrogen-bond acceptors (Lipinski definition) is 2. The monoisotopic (exact) mass is 478 g/mol. The van der Waals surface area contributed by atoms with Gasteiger partial charge in [-0.05, 0) is 77.6 Å². The lowest BCUT2D eigenvalue weighted by Gasteiger charge is -2.14. The molecule has 0 saturated carbocycles. The highest BCUT2D eigenvalue weighted by Gasteiger charge is 2.07. The van der Waals surface area contributed by atoms with Crippen molar-refractivity contribution in [3.8, 4) is 0 Å². The van der Waals surface area contributed by atoms with Crippen LogP contribution >= 0.6 is 0 Å². The van der Waals surface area contributed by atoms with Crippen molar-refractivity contribution in [2.24, 2.45) is 0 Å². The number of fused-ring (bicyclic) bond motifs is 2. The van der Waals surface area contributed by atoms with Crippen LogP contribution in [0.4, 0.5) is 22.7 Å². The molecule has 0 fully saturated rings. The first kappa shape index (κ1) is 22.9. The van der Waals surface area contributed by atoms with E-state index in [1.54, 1.807) is 0 Å². The Morgan fingerprint density at radius 3 is 1.27 bits per heavy atom. The Bertz CT molecular complexity index is 1570. The molecule has 0 unspecified atom stereocenters. The van der Waals surface area contributed by atoms with Crippen LogP contribution in [0.1, 0.15) is 22.3 Å². The topological polar surface area (TPSA) is 24.1 Å². The molecule has 6 aromatic carbocycles. The SMILES string of the molecule is Cc1ccc2ccccc2c1Nc1ccc(Cc2ccc(Nc3c(C)ccc4ccccc34)cc2)cc1. The van der Waals surface area contributed by atoms with E-state index in [4.69, 9.17) is 0 Å². The number of hydrogen-bond donors (Lipinski definition) is 2. The van der Waals surface area contributed by atoms with Gasteiger partial charge in [-0.1, -0.05) is 97.1 Å². The van der Waals surface area contributed by atoms with Crippen molar-refractivity contribution in [3.05, 3.63) is 144 Å². The van der Waals surface area contributed by atoms with Gasteiger partial charge < -0.3 is 10.6 Å². The maximum atomic E-state index is 3.65. The zero-order chi connectivity index (χ0) is 25.2. The van der Waals surface area contributed by atoms with Gasteiger partial charge in [0.15, 0.2) is 0 Å². The summed E-state index contributed by atoms with van der Waals surface area (Å²) >= 11 is 0. The third-order valence-corrected chi connectivity index (χ3v) is 7.13. The minimum absolute atomic E-state index is 0.904. The Morgan fingerprint density at radius 2 is 0.838 bits per heavy atom. The van der Waals surface area contributed by atoms with Gasteiger partial charge in [0, 0.05) is 33.5 Å². The molecule has 2 heteroatoms. The number of nitrogens with one attached hydrogen (secondary N) is 2. The molecule has 0 saturated heterocycles. The van der Waals surface area contributed by atoms with Gasteiger partial charge in [0.25, 0.3) is 0 Å². The van der Waals surface area contributed by atoms with Crippen molar-refractivity contribution >= 4 is 44.3 Å². The van der Waals surface area contributed by atoms with Crippen molar-refractivity contribution in [2.45, 2.75) is 20.3 Å². The summed E-state index contributed by atoms with van der Waals surface area (Å²) in [6.45, 7) is 4.31. The second kappa shape index (κ2) is 9.83. The summed E-state index contributed by atoms with van der Waals surface area (Å²) in [4.78, 5) is 0. The zero-order valence-electron chi connectivity index (χ0n) is 21.3. The van der Waals surface area contributed by atoms with E-state index >= 15 is 0 Å². The van der Waals surface area contributed by atoms with Gasteiger partial charge in [0.2, 0.25) is 0 Å². The van der Waals surface area contributed by atoms with Gasteiger partial charge in [-0.15, -0.1) is 0 Å². The summed E-state index contributed by atoms with van der Waals surface area (Å²) in [6.07, 6.45) is 0.904. The van der Waals surface area contributed by atoms with Gasteiger partial charge in [0.05, 0.1) is 0 Å². The van der Waals surface area contributed by atoms with Crippen LogP contribution in [0.15, 0.2) is 121 Å². The van der Waals surface area contributed by atoms with Crippen molar-refractivity contribution in [3.63, 3.8) is 0 Å². The smallest absolute Gasteiger partial charge is 0.0493 e. The lowest BCUT2D eigenvalue weighted by Crippen LogP contribution is -1.96. The first-order chi connectivity index (χ1) is 18.1. The third kappa shape index (κ3) is 4.79. The van der Waals surface area contributed by atoms with Gasteiger partial charge in [0.1, 0.15) is 0 Å². The Morgan fingerprint density at radius 1 is 0.432 bits per heavy atom. The summed E-state index contributed by atoms with van der Waals surface area (Å²) in [5.74, 6) is 0. The summed E-state index contributed by atoms with van der Waals surface area (Å²) in [5.41, 5.74) is 9.65. The number of rotatable bonds is 6. The number of benzene rings is 6. The van der Waals surface area contributed by atoms with Gasteiger partial charge in [-0.25, -0.2) is 0 Å². The van der Waals surface area contributed by atoms with Crippen LogP contribution in [0, 0.1) is 13.8 Å². The van der Waals surface area contributed by atoms with Crippen LogP contribution in [-0.2, 0) is 6.42 Å². The Kier molecular flexibility index (Phi) is 6.08. The van der Waals surface area contributed by atoms with E-state index < -0.39 is 0 Å². The van der Waals surface area contributed by atoms with Crippen LogP contribution in [0.3, 0.4) is 0 Å². The molecule has 0 aliphatic rings. The molecule has 0 atom stereocenters. The molecule has 180 valence electrons. The lowest BCUT2D eigenvalue weighted by molar-refractivity contribution is 1.19. The average Bonchev–Trinajstić information content (AvgIpc) is 2.94. The molecule has 0 bridgehead atoms. The second-order valence-corrected chi connectivity index (χ2v) is 9.78. The summed E-state index contributed by atoms with van der Waals surface area (Å²) in [6, 6.07) is 43.3. The highest BCUT2D eigenvalue weighted by atomic mass is 14.9. The van der Waals surface area contributed by atoms with Gasteiger partial charge in [-0.2, -0.15) is 0 Å². The maximum Gasteiger partial charge on any atom is 0.0493 e.